The second-order valence-corrected chi connectivity index (χ2v) is 4.15. The van der Waals surface area contributed by atoms with E-state index in [1.165, 1.54) is 6.20 Å². The van der Waals surface area contributed by atoms with Crippen LogP contribution in [0.3, 0.4) is 0 Å². The van der Waals surface area contributed by atoms with Crippen molar-refractivity contribution in [3.63, 3.8) is 0 Å². The van der Waals surface area contributed by atoms with E-state index in [0.717, 1.165) is 5.56 Å². The van der Waals surface area contributed by atoms with Gasteiger partial charge in [-0.3, -0.25) is 9.20 Å². The Morgan fingerprint density at radius 3 is 2.89 bits per heavy atom. The van der Waals surface area contributed by atoms with Crippen molar-refractivity contribution in [1.29, 1.82) is 0 Å². The molecule has 0 aliphatic heterocycles. The number of hydrogen-bond donors (Lipinski definition) is 1. The van der Waals surface area contributed by atoms with Gasteiger partial charge in [-0.1, -0.05) is 30.3 Å². The Hall–Kier alpha value is -2.69. The van der Waals surface area contributed by atoms with Gasteiger partial charge in [-0.05, 0) is 5.56 Å². The van der Waals surface area contributed by atoms with Crippen LogP contribution >= 0.6 is 0 Å². The molecule has 0 aliphatic rings. The SMILES string of the molecule is O=C(NCc1ccccc1)c1cnc2nccn2c1. The van der Waals surface area contributed by atoms with Crippen LogP contribution in [-0.4, -0.2) is 20.3 Å². The first kappa shape index (κ1) is 11.4. The van der Waals surface area contributed by atoms with Crippen molar-refractivity contribution in [2.45, 2.75) is 6.54 Å². The molecular formula is C14H12N4O. The van der Waals surface area contributed by atoms with Gasteiger partial charge < -0.3 is 5.32 Å². The standard InChI is InChI=1S/C14H12N4O/c19-13(16-8-11-4-2-1-3-5-11)12-9-17-14-15-6-7-18(14)10-12/h1-7,9-10H,8H2,(H,16,19). The first-order chi connectivity index (χ1) is 9.33. The van der Waals surface area contributed by atoms with Gasteiger partial charge in [0.05, 0.1) is 5.56 Å². The first-order valence-electron chi connectivity index (χ1n) is 5.94. The lowest BCUT2D eigenvalue weighted by molar-refractivity contribution is 0.0950. The second-order valence-electron chi connectivity index (χ2n) is 4.15. The fourth-order valence-corrected chi connectivity index (χ4v) is 1.81. The minimum atomic E-state index is -0.146. The Labute approximate surface area is 109 Å². The predicted molar refractivity (Wildman–Crippen MR) is 70.6 cm³/mol. The molecule has 0 bridgehead atoms. The fraction of sp³-hybridized carbons (Fsp3) is 0.0714. The molecule has 0 unspecified atom stereocenters. The van der Waals surface area contributed by atoms with Crippen LogP contribution in [0.1, 0.15) is 15.9 Å². The summed E-state index contributed by atoms with van der Waals surface area (Å²) in [6.07, 6.45) is 6.66. The summed E-state index contributed by atoms with van der Waals surface area (Å²) in [6, 6.07) is 9.78. The lowest BCUT2D eigenvalue weighted by Crippen LogP contribution is -2.23. The summed E-state index contributed by atoms with van der Waals surface area (Å²) in [5, 5.41) is 2.86. The summed E-state index contributed by atoms with van der Waals surface area (Å²) in [4.78, 5) is 20.1. The summed E-state index contributed by atoms with van der Waals surface area (Å²) in [6.45, 7) is 0.502. The molecule has 0 saturated carbocycles. The lowest BCUT2D eigenvalue weighted by atomic mass is 10.2. The zero-order valence-corrected chi connectivity index (χ0v) is 10.2. The summed E-state index contributed by atoms with van der Waals surface area (Å²) in [5.41, 5.74) is 1.58. The maximum absolute atomic E-state index is 12.0. The Morgan fingerprint density at radius 2 is 2.05 bits per heavy atom. The van der Waals surface area contributed by atoms with E-state index in [-0.39, 0.29) is 5.91 Å². The smallest absolute Gasteiger partial charge is 0.254 e. The number of hydrogen-bond acceptors (Lipinski definition) is 3. The molecule has 3 aromatic rings. The minimum Gasteiger partial charge on any atom is -0.348 e. The van der Waals surface area contributed by atoms with Crippen LogP contribution in [0.5, 0.6) is 0 Å². The van der Waals surface area contributed by atoms with Crippen LogP contribution in [0.4, 0.5) is 0 Å². The van der Waals surface area contributed by atoms with Gasteiger partial charge in [0, 0.05) is 31.3 Å². The summed E-state index contributed by atoms with van der Waals surface area (Å²) in [5.74, 6) is 0.437. The van der Waals surface area contributed by atoms with E-state index in [2.05, 4.69) is 15.3 Å². The summed E-state index contributed by atoms with van der Waals surface area (Å²) < 4.78 is 1.72. The van der Waals surface area contributed by atoms with Gasteiger partial charge >= 0.3 is 0 Å². The Balaban J connectivity index is 1.73. The van der Waals surface area contributed by atoms with E-state index in [1.807, 2.05) is 30.3 Å². The molecule has 0 fully saturated rings. The Kier molecular flexibility index (Phi) is 2.94. The Bertz CT molecular complexity index is 706. The normalized spacial score (nSPS) is 10.5. The molecule has 3 rings (SSSR count). The van der Waals surface area contributed by atoms with Crippen LogP contribution in [-0.2, 0) is 6.54 Å². The van der Waals surface area contributed by atoms with Crippen molar-refractivity contribution >= 4 is 11.7 Å². The van der Waals surface area contributed by atoms with Crippen molar-refractivity contribution in [3.05, 3.63) is 66.2 Å². The van der Waals surface area contributed by atoms with Gasteiger partial charge in [0.2, 0.25) is 5.78 Å². The summed E-state index contributed by atoms with van der Waals surface area (Å²) >= 11 is 0. The van der Waals surface area contributed by atoms with E-state index in [0.29, 0.717) is 17.9 Å². The Morgan fingerprint density at radius 1 is 1.21 bits per heavy atom. The van der Waals surface area contributed by atoms with Crippen molar-refractivity contribution in [1.82, 2.24) is 19.7 Å². The number of benzene rings is 1. The molecule has 0 atom stereocenters. The van der Waals surface area contributed by atoms with Crippen molar-refractivity contribution in [2.24, 2.45) is 0 Å². The van der Waals surface area contributed by atoms with Crippen molar-refractivity contribution < 1.29 is 4.79 Å². The molecular weight excluding hydrogens is 240 g/mol. The first-order valence-corrected chi connectivity index (χ1v) is 5.94. The largest absolute Gasteiger partial charge is 0.348 e. The van der Waals surface area contributed by atoms with E-state index < -0.39 is 0 Å². The molecule has 0 radical (unpaired) electrons. The zero-order valence-electron chi connectivity index (χ0n) is 10.2. The number of nitrogens with zero attached hydrogens (tertiary/aromatic N) is 3. The predicted octanol–water partition coefficient (Wildman–Crippen LogP) is 1.66. The number of rotatable bonds is 3. The van der Waals surface area contributed by atoms with E-state index in [4.69, 9.17) is 0 Å². The molecule has 94 valence electrons. The highest BCUT2D eigenvalue weighted by molar-refractivity contribution is 5.93. The molecule has 1 aromatic carbocycles. The maximum atomic E-state index is 12.0. The zero-order chi connectivity index (χ0) is 13.1. The maximum Gasteiger partial charge on any atom is 0.254 e. The number of nitrogens with one attached hydrogen (secondary N) is 1. The number of amides is 1. The van der Waals surface area contributed by atoms with Gasteiger partial charge in [-0.25, -0.2) is 9.97 Å². The molecule has 2 aromatic heterocycles. The molecule has 0 aliphatic carbocycles. The highest BCUT2D eigenvalue weighted by atomic mass is 16.1. The van der Waals surface area contributed by atoms with Crippen LogP contribution in [0.15, 0.2) is 55.1 Å². The van der Waals surface area contributed by atoms with Gasteiger partial charge in [-0.2, -0.15) is 0 Å². The third kappa shape index (κ3) is 2.44. The van der Waals surface area contributed by atoms with Crippen LogP contribution in [0.2, 0.25) is 0 Å². The minimum absolute atomic E-state index is 0.146. The number of imidazole rings is 1. The molecule has 5 heteroatoms. The number of carbonyl (C=O) groups excluding carboxylic acids is 1. The van der Waals surface area contributed by atoms with Crippen LogP contribution in [0.25, 0.3) is 5.78 Å². The molecule has 1 amide bonds. The number of carbonyl (C=O) groups is 1. The molecule has 1 N–H and O–H groups in total. The van der Waals surface area contributed by atoms with Gasteiger partial charge in [-0.15, -0.1) is 0 Å². The van der Waals surface area contributed by atoms with Gasteiger partial charge in [0.1, 0.15) is 0 Å². The molecule has 5 nitrogen and oxygen atoms in total. The van der Waals surface area contributed by atoms with E-state index in [9.17, 15) is 4.79 Å². The average molecular weight is 252 g/mol. The monoisotopic (exact) mass is 252 g/mol. The second kappa shape index (κ2) is 4.89. The van der Waals surface area contributed by atoms with Crippen LogP contribution in [0, 0.1) is 0 Å². The van der Waals surface area contributed by atoms with E-state index in [1.54, 1.807) is 23.0 Å². The molecule has 19 heavy (non-hydrogen) atoms. The van der Waals surface area contributed by atoms with Gasteiger partial charge in [0.25, 0.3) is 5.91 Å². The van der Waals surface area contributed by atoms with Crippen molar-refractivity contribution in [2.75, 3.05) is 0 Å². The number of fused-ring (bicyclic) bond motifs is 1. The van der Waals surface area contributed by atoms with Crippen molar-refractivity contribution in [3.8, 4) is 0 Å². The fourth-order valence-electron chi connectivity index (χ4n) is 1.81. The highest BCUT2D eigenvalue weighted by Gasteiger charge is 2.07. The third-order valence-electron chi connectivity index (χ3n) is 2.80. The topological polar surface area (TPSA) is 59.3 Å². The highest BCUT2D eigenvalue weighted by Crippen LogP contribution is 2.02. The molecule has 0 spiro atoms. The average Bonchev–Trinajstić information content (AvgIpc) is 2.93. The number of aromatic nitrogens is 3. The van der Waals surface area contributed by atoms with Gasteiger partial charge in [0.15, 0.2) is 0 Å². The third-order valence-corrected chi connectivity index (χ3v) is 2.80. The quantitative estimate of drug-likeness (QED) is 0.771. The molecule has 0 saturated heterocycles. The molecule has 2 heterocycles. The lowest BCUT2D eigenvalue weighted by Gasteiger charge is -2.05. The summed E-state index contributed by atoms with van der Waals surface area (Å²) in [7, 11) is 0. The van der Waals surface area contributed by atoms with E-state index >= 15 is 0 Å². The van der Waals surface area contributed by atoms with Crippen LogP contribution < -0.4 is 5.32 Å².